The lowest BCUT2D eigenvalue weighted by atomic mass is 10.2. The zero-order valence-corrected chi connectivity index (χ0v) is 14.6. The second-order valence-corrected chi connectivity index (χ2v) is 5.77. The summed E-state index contributed by atoms with van der Waals surface area (Å²) in [6, 6.07) is 13.7. The van der Waals surface area contributed by atoms with E-state index in [1.807, 2.05) is 12.1 Å². The Balaban J connectivity index is 1.76. The lowest BCUT2D eigenvalue weighted by Crippen LogP contribution is -2.05. The van der Waals surface area contributed by atoms with Crippen molar-refractivity contribution in [3.05, 3.63) is 65.9 Å². The molecule has 140 valence electrons. The first-order valence-electron chi connectivity index (χ1n) is 8.04. The quantitative estimate of drug-likeness (QED) is 0.635. The van der Waals surface area contributed by atoms with Gasteiger partial charge >= 0.3 is 6.18 Å². The van der Waals surface area contributed by atoms with Crippen LogP contribution < -0.4 is 15.4 Å². The van der Waals surface area contributed by atoms with Crippen molar-refractivity contribution in [3.8, 4) is 5.75 Å². The van der Waals surface area contributed by atoms with Gasteiger partial charge in [0.2, 0.25) is 5.95 Å². The van der Waals surface area contributed by atoms with E-state index in [1.165, 1.54) is 12.1 Å². The number of aromatic nitrogens is 2. The van der Waals surface area contributed by atoms with E-state index in [0.29, 0.717) is 23.1 Å². The number of hydrogen-bond acceptors (Lipinski definition) is 5. The first-order valence-corrected chi connectivity index (χ1v) is 8.04. The van der Waals surface area contributed by atoms with E-state index >= 15 is 0 Å². The standard InChI is InChI=1S/C19H17F3N4O/c1-12-11-17(24-14-5-3-13(4-6-14)19(20,21)22)26-18(23-12)25-15-7-9-16(27-2)10-8-15/h3-11H,1-2H3,(H2,23,24,25,26). The summed E-state index contributed by atoms with van der Waals surface area (Å²) in [4.78, 5) is 8.67. The van der Waals surface area contributed by atoms with Gasteiger partial charge in [0.25, 0.3) is 0 Å². The van der Waals surface area contributed by atoms with Gasteiger partial charge < -0.3 is 15.4 Å². The molecule has 3 rings (SSSR count). The van der Waals surface area contributed by atoms with Gasteiger partial charge in [-0.05, 0) is 55.5 Å². The Morgan fingerprint density at radius 1 is 0.852 bits per heavy atom. The number of anilines is 4. The van der Waals surface area contributed by atoms with Gasteiger partial charge in [0.1, 0.15) is 11.6 Å². The van der Waals surface area contributed by atoms with Crippen LogP contribution in [0.5, 0.6) is 5.75 Å². The molecule has 8 heteroatoms. The fourth-order valence-electron chi connectivity index (χ4n) is 2.38. The van der Waals surface area contributed by atoms with Crippen molar-refractivity contribution in [2.45, 2.75) is 13.1 Å². The largest absolute Gasteiger partial charge is 0.497 e. The molecule has 3 aromatic rings. The van der Waals surface area contributed by atoms with Crippen molar-refractivity contribution in [1.82, 2.24) is 9.97 Å². The van der Waals surface area contributed by atoms with Crippen LogP contribution in [0.1, 0.15) is 11.3 Å². The summed E-state index contributed by atoms with van der Waals surface area (Å²) in [6.45, 7) is 1.80. The summed E-state index contributed by atoms with van der Waals surface area (Å²) < 4.78 is 43.1. The third kappa shape index (κ3) is 4.87. The number of nitrogens with zero attached hydrogens (tertiary/aromatic N) is 2. The van der Waals surface area contributed by atoms with Gasteiger partial charge in [-0.1, -0.05) is 0 Å². The zero-order valence-electron chi connectivity index (χ0n) is 14.6. The second kappa shape index (κ2) is 7.53. The fraction of sp³-hybridized carbons (Fsp3) is 0.158. The Morgan fingerprint density at radius 3 is 2.04 bits per heavy atom. The van der Waals surface area contributed by atoms with Crippen LogP contribution in [0.2, 0.25) is 0 Å². The summed E-state index contributed by atoms with van der Waals surface area (Å²) in [6.07, 6.45) is -4.36. The van der Waals surface area contributed by atoms with Gasteiger partial charge in [0, 0.05) is 23.1 Å². The smallest absolute Gasteiger partial charge is 0.416 e. The minimum Gasteiger partial charge on any atom is -0.497 e. The number of hydrogen-bond donors (Lipinski definition) is 2. The Bertz CT molecular complexity index is 910. The molecule has 0 saturated heterocycles. The predicted molar refractivity (Wildman–Crippen MR) is 97.8 cm³/mol. The molecular weight excluding hydrogens is 357 g/mol. The number of ether oxygens (including phenoxy) is 1. The third-order valence-electron chi connectivity index (χ3n) is 3.69. The van der Waals surface area contributed by atoms with Crippen molar-refractivity contribution < 1.29 is 17.9 Å². The average Bonchev–Trinajstić information content (AvgIpc) is 2.61. The minimum atomic E-state index is -4.36. The molecule has 0 spiro atoms. The molecule has 0 radical (unpaired) electrons. The molecule has 0 aliphatic carbocycles. The minimum absolute atomic E-state index is 0.370. The monoisotopic (exact) mass is 374 g/mol. The van der Waals surface area contributed by atoms with Gasteiger partial charge in [-0.3, -0.25) is 0 Å². The Kier molecular flexibility index (Phi) is 5.16. The molecule has 0 bridgehead atoms. The topological polar surface area (TPSA) is 59.1 Å². The van der Waals surface area contributed by atoms with Crippen molar-refractivity contribution in [2.24, 2.45) is 0 Å². The summed E-state index contributed by atoms with van der Waals surface area (Å²) in [5, 5.41) is 6.07. The van der Waals surface area contributed by atoms with E-state index in [2.05, 4.69) is 20.6 Å². The van der Waals surface area contributed by atoms with Crippen LogP contribution in [-0.4, -0.2) is 17.1 Å². The van der Waals surface area contributed by atoms with Crippen molar-refractivity contribution in [3.63, 3.8) is 0 Å². The van der Waals surface area contributed by atoms with E-state index < -0.39 is 11.7 Å². The van der Waals surface area contributed by atoms with E-state index in [0.717, 1.165) is 23.6 Å². The second-order valence-electron chi connectivity index (χ2n) is 5.77. The predicted octanol–water partition coefficient (Wildman–Crippen LogP) is 5.30. The number of rotatable bonds is 5. The highest BCUT2D eigenvalue weighted by molar-refractivity contribution is 5.60. The molecule has 0 fully saturated rings. The maximum Gasteiger partial charge on any atom is 0.416 e. The maximum absolute atomic E-state index is 12.6. The molecule has 5 nitrogen and oxygen atoms in total. The number of aryl methyl sites for hydroxylation is 1. The fourth-order valence-corrected chi connectivity index (χ4v) is 2.38. The van der Waals surface area contributed by atoms with Gasteiger partial charge in [0.15, 0.2) is 0 Å². The normalized spacial score (nSPS) is 11.1. The van der Waals surface area contributed by atoms with Crippen LogP contribution in [0.4, 0.5) is 36.3 Å². The molecule has 0 saturated carbocycles. The van der Waals surface area contributed by atoms with Crippen LogP contribution >= 0.6 is 0 Å². The summed E-state index contributed by atoms with van der Waals surface area (Å²) in [5.41, 5.74) is 1.28. The molecule has 0 amide bonds. The van der Waals surface area contributed by atoms with Crippen molar-refractivity contribution >= 4 is 23.1 Å². The maximum atomic E-state index is 12.6. The Morgan fingerprint density at radius 2 is 1.44 bits per heavy atom. The molecule has 0 aliphatic rings. The Labute approximate surface area is 154 Å². The van der Waals surface area contributed by atoms with Gasteiger partial charge in [0.05, 0.1) is 12.7 Å². The molecule has 0 atom stereocenters. The first-order chi connectivity index (χ1) is 12.8. The number of halogens is 3. The van der Waals surface area contributed by atoms with Crippen molar-refractivity contribution in [1.29, 1.82) is 0 Å². The van der Waals surface area contributed by atoms with Crippen LogP contribution in [0.15, 0.2) is 54.6 Å². The molecule has 27 heavy (non-hydrogen) atoms. The molecule has 1 aromatic heterocycles. The van der Waals surface area contributed by atoms with E-state index in [-0.39, 0.29) is 0 Å². The van der Waals surface area contributed by atoms with Crippen LogP contribution in [0.3, 0.4) is 0 Å². The molecule has 1 heterocycles. The summed E-state index contributed by atoms with van der Waals surface area (Å²) >= 11 is 0. The molecule has 2 aromatic carbocycles. The highest BCUT2D eigenvalue weighted by atomic mass is 19.4. The van der Waals surface area contributed by atoms with Gasteiger partial charge in [-0.25, -0.2) is 4.98 Å². The first kappa shape index (κ1) is 18.5. The Hall–Kier alpha value is -3.29. The highest BCUT2D eigenvalue weighted by Gasteiger charge is 2.29. The summed E-state index contributed by atoms with van der Waals surface area (Å²) in [5.74, 6) is 1.57. The van der Waals surface area contributed by atoms with Gasteiger partial charge in [-0.2, -0.15) is 18.2 Å². The summed E-state index contributed by atoms with van der Waals surface area (Å²) in [7, 11) is 1.59. The number of nitrogens with one attached hydrogen (secondary N) is 2. The van der Waals surface area contributed by atoms with E-state index in [1.54, 1.807) is 32.2 Å². The van der Waals surface area contributed by atoms with Crippen LogP contribution in [-0.2, 0) is 6.18 Å². The van der Waals surface area contributed by atoms with E-state index in [9.17, 15) is 13.2 Å². The lowest BCUT2D eigenvalue weighted by molar-refractivity contribution is -0.137. The van der Waals surface area contributed by atoms with Crippen LogP contribution in [0.25, 0.3) is 0 Å². The van der Waals surface area contributed by atoms with E-state index in [4.69, 9.17) is 4.74 Å². The highest BCUT2D eigenvalue weighted by Crippen LogP contribution is 2.30. The van der Waals surface area contributed by atoms with Crippen LogP contribution in [0, 0.1) is 6.92 Å². The molecule has 2 N–H and O–H groups in total. The van der Waals surface area contributed by atoms with Crippen molar-refractivity contribution in [2.75, 3.05) is 17.7 Å². The number of methoxy groups -OCH3 is 1. The molecule has 0 unspecified atom stereocenters. The third-order valence-corrected chi connectivity index (χ3v) is 3.69. The number of alkyl halides is 3. The average molecular weight is 374 g/mol. The SMILES string of the molecule is COc1ccc(Nc2nc(C)cc(Nc3ccc(C(F)(F)F)cc3)n2)cc1. The number of benzene rings is 2. The molecule has 0 aliphatic heterocycles. The molecular formula is C19H17F3N4O. The zero-order chi connectivity index (χ0) is 19.4. The van der Waals surface area contributed by atoms with Gasteiger partial charge in [-0.15, -0.1) is 0 Å². The lowest BCUT2D eigenvalue weighted by Gasteiger charge is -2.11.